The van der Waals surface area contributed by atoms with Gasteiger partial charge in [-0.25, -0.2) is 0 Å². The van der Waals surface area contributed by atoms with E-state index in [-0.39, 0.29) is 16.5 Å². The molecule has 8 nitrogen and oxygen atoms in total. The molecule has 1 unspecified atom stereocenters. The molecule has 1 saturated heterocycles. The van der Waals surface area contributed by atoms with Gasteiger partial charge in [0, 0.05) is 5.56 Å². The Morgan fingerprint density at radius 1 is 0.947 bits per heavy atom. The summed E-state index contributed by atoms with van der Waals surface area (Å²) < 4.78 is 11.2. The zero-order chi connectivity index (χ0) is 26.8. The van der Waals surface area contributed by atoms with E-state index in [4.69, 9.17) is 9.47 Å². The summed E-state index contributed by atoms with van der Waals surface area (Å²) >= 11 is 1.20. The van der Waals surface area contributed by atoms with Gasteiger partial charge in [0.15, 0.2) is 0 Å². The number of aryl methyl sites for hydroxylation is 2. The van der Waals surface area contributed by atoms with Gasteiger partial charge in [-0.2, -0.15) is 0 Å². The predicted molar refractivity (Wildman–Crippen MR) is 144 cm³/mol. The number of aliphatic hydroxyl groups is 1. The van der Waals surface area contributed by atoms with Gasteiger partial charge in [-0.1, -0.05) is 47.7 Å². The molecule has 0 spiro atoms. The highest BCUT2D eigenvalue weighted by Crippen LogP contribution is 2.43. The third-order valence-electron chi connectivity index (χ3n) is 6.38. The van der Waals surface area contributed by atoms with E-state index in [1.165, 1.54) is 16.2 Å². The summed E-state index contributed by atoms with van der Waals surface area (Å²) in [5.41, 5.74) is 3.19. The first-order chi connectivity index (χ1) is 18.4. The fraction of sp³-hybridized carbons (Fsp3) is 0.172. The van der Waals surface area contributed by atoms with Crippen molar-refractivity contribution in [3.05, 3.63) is 106 Å². The zero-order valence-electron chi connectivity index (χ0n) is 21.0. The van der Waals surface area contributed by atoms with Gasteiger partial charge in [-0.05, 0) is 66.9 Å². The van der Waals surface area contributed by atoms with Gasteiger partial charge in [0.25, 0.3) is 5.78 Å². The number of hydrogen-bond donors (Lipinski definition) is 1. The molecule has 1 amide bonds. The molecule has 0 saturated carbocycles. The van der Waals surface area contributed by atoms with E-state index in [1.54, 1.807) is 62.6 Å². The minimum atomic E-state index is -0.884. The van der Waals surface area contributed by atoms with E-state index in [0.717, 1.165) is 11.1 Å². The quantitative estimate of drug-likeness (QED) is 0.196. The smallest absolute Gasteiger partial charge is 0.301 e. The highest BCUT2D eigenvalue weighted by Gasteiger charge is 2.48. The summed E-state index contributed by atoms with van der Waals surface area (Å²) in [5.74, 6) is -0.615. The number of ether oxygens (including phenoxy) is 2. The Kier molecular flexibility index (Phi) is 6.93. The fourth-order valence-corrected chi connectivity index (χ4v) is 5.03. The van der Waals surface area contributed by atoms with Gasteiger partial charge in [0.2, 0.25) is 5.13 Å². The number of carbonyl (C=O) groups is 2. The number of amides is 1. The minimum Gasteiger partial charge on any atom is -0.507 e. The molecule has 1 aromatic heterocycles. The topological polar surface area (TPSA) is 102 Å². The number of ketones is 1. The molecule has 4 aromatic rings. The van der Waals surface area contributed by atoms with Crippen LogP contribution in [0.1, 0.15) is 33.3 Å². The number of benzene rings is 3. The lowest BCUT2D eigenvalue weighted by molar-refractivity contribution is -0.132. The average Bonchev–Trinajstić information content (AvgIpc) is 3.48. The maximum atomic E-state index is 13.3. The molecule has 38 heavy (non-hydrogen) atoms. The molecular weight excluding hydrogens is 502 g/mol. The van der Waals surface area contributed by atoms with Crippen molar-refractivity contribution in [1.82, 2.24) is 10.2 Å². The highest BCUT2D eigenvalue weighted by molar-refractivity contribution is 7.15. The van der Waals surface area contributed by atoms with Gasteiger partial charge < -0.3 is 14.6 Å². The molecule has 0 radical (unpaired) electrons. The van der Waals surface area contributed by atoms with Crippen LogP contribution in [0.2, 0.25) is 0 Å². The van der Waals surface area contributed by atoms with Crippen molar-refractivity contribution in [2.24, 2.45) is 0 Å². The lowest BCUT2D eigenvalue weighted by Crippen LogP contribution is -2.29. The molecule has 0 aliphatic carbocycles. The lowest BCUT2D eigenvalue weighted by Gasteiger charge is -2.22. The Morgan fingerprint density at radius 2 is 1.63 bits per heavy atom. The van der Waals surface area contributed by atoms with Crippen LogP contribution in [-0.4, -0.2) is 34.1 Å². The molecule has 9 heteroatoms. The second-order valence-electron chi connectivity index (χ2n) is 8.79. The fourth-order valence-electron chi connectivity index (χ4n) is 4.31. The maximum absolute atomic E-state index is 13.3. The van der Waals surface area contributed by atoms with Crippen molar-refractivity contribution in [2.75, 3.05) is 12.0 Å². The van der Waals surface area contributed by atoms with Crippen LogP contribution in [-0.2, 0) is 16.2 Å². The standard InChI is InChI=1S/C29H25N3O5S/c1-17-6-4-5-7-21(17)16-37-23-14-10-20(11-15-23)26(33)24-25(19-8-12-22(36-3)13-9-19)32(28(35)27(24)34)29-31-30-18(2)38-29/h4-15,25,33H,16H2,1-3H3. The Balaban J connectivity index is 1.50. The molecule has 1 fully saturated rings. The zero-order valence-corrected chi connectivity index (χ0v) is 21.9. The number of carbonyl (C=O) groups excluding carboxylic acids is 2. The summed E-state index contributed by atoms with van der Waals surface area (Å²) in [6.07, 6.45) is 0. The van der Waals surface area contributed by atoms with E-state index in [0.29, 0.717) is 34.2 Å². The van der Waals surface area contributed by atoms with Gasteiger partial charge in [0.05, 0.1) is 18.7 Å². The van der Waals surface area contributed by atoms with E-state index in [2.05, 4.69) is 10.2 Å². The largest absolute Gasteiger partial charge is 0.507 e. The average molecular weight is 528 g/mol. The Morgan fingerprint density at radius 3 is 2.26 bits per heavy atom. The Bertz CT molecular complexity index is 1530. The van der Waals surface area contributed by atoms with Gasteiger partial charge >= 0.3 is 5.91 Å². The third-order valence-corrected chi connectivity index (χ3v) is 7.22. The maximum Gasteiger partial charge on any atom is 0.301 e. The normalized spacial score (nSPS) is 16.6. The molecule has 2 heterocycles. The van der Waals surface area contributed by atoms with Crippen molar-refractivity contribution >= 4 is 33.9 Å². The molecule has 192 valence electrons. The minimum absolute atomic E-state index is 0.0263. The highest BCUT2D eigenvalue weighted by atomic mass is 32.1. The number of aliphatic hydroxyl groups excluding tert-OH is 1. The number of rotatable bonds is 7. The van der Waals surface area contributed by atoms with Crippen LogP contribution in [0.4, 0.5) is 5.13 Å². The first kappa shape index (κ1) is 25.2. The van der Waals surface area contributed by atoms with Crippen LogP contribution >= 0.6 is 11.3 Å². The summed E-state index contributed by atoms with van der Waals surface area (Å²) in [5, 5.41) is 20.4. The number of aromatic nitrogens is 2. The van der Waals surface area contributed by atoms with Crippen LogP contribution in [0.3, 0.4) is 0 Å². The van der Waals surface area contributed by atoms with Crippen LogP contribution in [0.5, 0.6) is 11.5 Å². The predicted octanol–water partition coefficient (Wildman–Crippen LogP) is 5.37. The van der Waals surface area contributed by atoms with Crippen LogP contribution < -0.4 is 14.4 Å². The monoisotopic (exact) mass is 527 g/mol. The van der Waals surface area contributed by atoms with Crippen LogP contribution in [0, 0.1) is 13.8 Å². The molecule has 1 aliphatic heterocycles. The van der Waals surface area contributed by atoms with Crippen molar-refractivity contribution in [3.8, 4) is 11.5 Å². The lowest BCUT2D eigenvalue weighted by atomic mass is 9.95. The second-order valence-corrected chi connectivity index (χ2v) is 9.95. The van der Waals surface area contributed by atoms with Crippen molar-refractivity contribution in [3.63, 3.8) is 0 Å². The summed E-state index contributed by atoms with van der Waals surface area (Å²) in [4.78, 5) is 27.8. The van der Waals surface area contributed by atoms with Crippen molar-refractivity contribution in [1.29, 1.82) is 0 Å². The number of nitrogens with zero attached hydrogens (tertiary/aromatic N) is 3. The van der Waals surface area contributed by atoms with E-state index < -0.39 is 17.7 Å². The number of methoxy groups -OCH3 is 1. The Hall–Kier alpha value is -4.50. The molecule has 3 aromatic carbocycles. The SMILES string of the molecule is COc1ccc(C2C(=C(O)c3ccc(OCc4ccccc4C)cc3)C(=O)C(=O)N2c2nnc(C)s2)cc1. The van der Waals surface area contributed by atoms with E-state index in [1.807, 2.05) is 31.2 Å². The second kappa shape index (κ2) is 10.5. The van der Waals surface area contributed by atoms with Gasteiger partial charge in [-0.3, -0.25) is 14.5 Å². The summed E-state index contributed by atoms with van der Waals surface area (Å²) in [7, 11) is 1.56. The molecule has 1 atom stereocenters. The number of Topliss-reactive ketones (excluding diaryl/α,β-unsaturated/α-hetero) is 1. The molecule has 1 aliphatic rings. The number of hydrogen-bond acceptors (Lipinski definition) is 8. The molecule has 5 rings (SSSR count). The Labute approximate surface area is 223 Å². The van der Waals surface area contributed by atoms with E-state index >= 15 is 0 Å². The van der Waals surface area contributed by atoms with Crippen molar-refractivity contribution < 1.29 is 24.2 Å². The molecular formula is C29H25N3O5S. The molecule has 0 bridgehead atoms. The van der Waals surface area contributed by atoms with E-state index in [9.17, 15) is 14.7 Å². The third kappa shape index (κ3) is 4.76. The summed E-state index contributed by atoms with van der Waals surface area (Å²) in [6.45, 7) is 4.20. The van der Waals surface area contributed by atoms with Crippen molar-refractivity contribution in [2.45, 2.75) is 26.5 Å². The first-order valence-electron chi connectivity index (χ1n) is 11.9. The first-order valence-corrected chi connectivity index (χ1v) is 12.7. The van der Waals surface area contributed by atoms with Gasteiger partial charge in [0.1, 0.15) is 28.9 Å². The van der Waals surface area contributed by atoms with Crippen LogP contribution in [0.15, 0.2) is 78.4 Å². The molecule has 1 N–H and O–H groups in total. The van der Waals surface area contributed by atoms with Gasteiger partial charge in [-0.15, -0.1) is 10.2 Å². The summed E-state index contributed by atoms with van der Waals surface area (Å²) in [6, 6.07) is 20.8. The number of anilines is 1. The van der Waals surface area contributed by atoms with Crippen LogP contribution in [0.25, 0.3) is 5.76 Å².